The smallest absolute Gasteiger partial charge is 0.0175 e. The Kier molecular flexibility index (Phi) is 4.85. The van der Waals surface area contributed by atoms with Gasteiger partial charge in [0.05, 0.1) is 0 Å². The zero-order valence-electron chi connectivity index (χ0n) is 10.0. The molecule has 15 heavy (non-hydrogen) atoms. The van der Waals surface area contributed by atoms with E-state index in [2.05, 4.69) is 61.0 Å². The molecule has 84 valence electrons. The van der Waals surface area contributed by atoms with Crippen molar-refractivity contribution in [2.75, 3.05) is 0 Å². The van der Waals surface area contributed by atoms with Gasteiger partial charge in [0.2, 0.25) is 0 Å². The van der Waals surface area contributed by atoms with Crippen molar-refractivity contribution in [2.24, 2.45) is 0 Å². The third kappa shape index (κ3) is 3.98. The van der Waals surface area contributed by atoms with Gasteiger partial charge >= 0.3 is 0 Å². The molecule has 0 nitrogen and oxygen atoms in total. The van der Waals surface area contributed by atoms with Crippen LogP contribution in [0.25, 0.3) is 0 Å². The summed E-state index contributed by atoms with van der Waals surface area (Å²) >= 11 is 3.48. The number of hydrogen-bond acceptors (Lipinski definition) is 0. The van der Waals surface area contributed by atoms with Crippen molar-refractivity contribution in [3.63, 3.8) is 0 Å². The molecule has 0 spiro atoms. The third-order valence-corrected chi connectivity index (χ3v) is 3.56. The van der Waals surface area contributed by atoms with Gasteiger partial charge in [-0.25, -0.2) is 0 Å². The van der Waals surface area contributed by atoms with Crippen molar-refractivity contribution < 1.29 is 0 Å². The van der Waals surface area contributed by atoms with E-state index in [4.69, 9.17) is 0 Å². The zero-order valence-corrected chi connectivity index (χ0v) is 11.6. The summed E-state index contributed by atoms with van der Waals surface area (Å²) in [6.07, 6.45) is 5.26. The van der Waals surface area contributed by atoms with Crippen LogP contribution in [0.4, 0.5) is 0 Å². The highest BCUT2D eigenvalue weighted by atomic mass is 79.9. The molecule has 0 N–H and O–H groups in total. The Morgan fingerprint density at radius 1 is 1.07 bits per heavy atom. The van der Waals surface area contributed by atoms with E-state index in [0.29, 0.717) is 5.41 Å². The van der Waals surface area contributed by atoms with Gasteiger partial charge in [-0.2, -0.15) is 0 Å². The normalized spacial score (nSPS) is 11.7. The van der Waals surface area contributed by atoms with Crippen molar-refractivity contribution in [1.82, 2.24) is 0 Å². The summed E-state index contributed by atoms with van der Waals surface area (Å²) in [5, 5.41) is 0. The Balaban J connectivity index is 2.63. The molecule has 0 atom stereocenters. The van der Waals surface area contributed by atoms with Crippen molar-refractivity contribution in [3.8, 4) is 0 Å². The number of rotatable bonds is 5. The molecule has 0 heterocycles. The third-order valence-electron chi connectivity index (χ3n) is 3.03. The van der Waals surface area contributed by atoms with Crippen LogP contribution < -0.4 is 0 Å². The Labute approximate surface area is 102 Å². The monoisotopic (exact) mass is 268 g/mol. The van der Waals surface area contributed by atoms with Gasteiger partial charge in [0, 0.05) is 4.47 Å². The van der Waals surface area contributed by atoms with Gasteiger partial charge in [0.1, 0.15) is 0 Å². The van der Waals surface area contributed by atoms with Crippen LogP contribution in [-0.4, -0.2) is 0 Å². The maximum Gasteiger partial charge on any atom is 0.0175 e. The molecule has 0 fully saturated rings. The second-order valence-corrected chi connectivity index (χ2v) is 5.76. The minimum absolute atomic E-state index is 0.315. The average Bonchev–Trinajstić information content (AvgIpc) is 2.18. The highest BCUT2D eigenvalue weighted by Crippen LogP contribution is 2.29. The maximum absolute atomic E-state index is 3.48. The number of unbranched alkanes of at least 4 members (excludes halogenated alkanes) is 2. The second-order valence-electron chi connectivity index (χ2n) is 4.85. The van der Waals surface area contributed by atoms with Crippen LogP contribution >= 0.6 is 15.9 Å². The lowest BCUT2D eigenvalue weighted by Crippen LogP contribution is -2.16. The van der Waals surface area contributed by atoms with E-state index in [1.807, 2.05) is 0 Å². The number of hydrogen-bond donors (Lipinski definition) is 0. The Bertz CT molecular complexity index is 285. The minimum atomic E-state index is 0.315. The molecule has 0 aliphatic heterocycles. The molecule has 1 aromatic rings. The molecule has 0 saturated heterocycles. The zero-order chi connectivity index (χ0) is 11.3. The molecule has 0 aromatic heterocycles. The summed E-state index contributed by atoms with van der Waals surface area (Å²) in [5.41, 5.74) is 1.76. The van der Waals surface area contributed by atoms with Gasteiger partial charge < -0.3 is 0 Å². The molecule has 0 bridgehead atoms. The van der Waals surface area contributed by atoms with Crippen LogP contribution in [0.15, 0.2) is 28.7 Å². The van der Waals surface area contributed by atoms with Crippen molar-refractivity contribution in [3.05, 3.63) is 34.3 Å². The molecule has 0 saturated carbocycles. The quantitative estimate of drug-likeness (QED) is 0.636. The molecule has 0 radical (unpaired) electrons. The summed E-state index contributed by atoms with van der Waals surface area (Å²) in [7, 11) is 0. The van der Waals surface area contributed by atoms with E-state index in [1.165, 1.54) is 31.2 Å². The van der Waals surface area contributed by atoms with E-state index in [-0.39, 0.29) is 0 Å². The first-order valence-electron chi connectivity index (χ1n) is 5.82. The number of benzene rings is 1. The lowest BCUT2D eigenvalue weighted by molar-refractivity contribution is 0.450. The highest BCUT2D eigenvalue weighted by molar-refractivity contribution is 9.10. The topological polar surface area (TPSA) is 0 Å². The molecule has 0 aliphatic carbocycles. The van der Waals surface area contributed by atoms with Gasteiger partial charge in [-0.15, -0.1) is 0 Å². The lowest BCUT2D eigenvalue weighted by atomic mass is 9.80. The first-order valence-corrected chi connectivity index (χ1v) is 6.61. The van der Waals surface area contributed by atoms with Crippen molar-refractivity contribution in [1.29, 1.82) is 0 Å². The van der Waals surface area contributed by atoms with Crippen LogP contribution in [0.1, 0.15) is 52.0 Å². The fourth-order valence-electron chi connectivity index (χ4n) is 1.86. The lowest BCUT2D eigenvalue weighted by Gasteiger charge is -2.25. The van der Waals surface area contributed by atoms with E-state index in [0.717, 1.165) is 4.47 Å². The van der Waals surface area contributed by atoms with Crippen LogP contribution in [0.2, 0.25) is 0 Å². The van der Waals surface area contributed by atoms with Crippen LogP contribution in [0.5, 0.6) is 0 Å². The summed E-state index contributed by atoms with van der Waals surface area (Å²) in [6, 6.07) is 8.74. The fraction of sp³-hybridized carbons (Fsp3) is 0.571. The fourth-order valence-corrected chi connectivity index (χ4v) is 2.13. The first kappa shape index (κ1) is 12.8. The van der Waals surface area contributed by atoms with Gasteiger partial charge in [-0.3, -0.25) is 0 Å². The predicted octanol–water partition coefficient (Wildman–Crippen LogP) is 5.31. The summed E-state index contributed by atoms with van der Waals surface area (Å²) in [6.45, 7) is 6.93. The molecule has 1 rings (SSSR count). The first-order chi connectivity index (χ1) is 7.06. The molecular weight excluding hydrogens is 248 g/mol. The van der Waals surface area contributed by atoms with Crippen molar-refractivity contribution >= 4 is 15.9 Å². The predicted molar refractivity (Wildman–Crippen MR) is 71.3 cm³/mol. The van der Waals surface area contributed by atoms with Crippen LogP contribution in [0.3, 0.4) is 0 Å². The standard InChI is InChI=1S/C14H21Br/c1-4-5-6-11-14(2,3)12-7-9-13(15)10-8-12/h7-10H,4-6,11H2,1-3H3. The summed E-state index contributed by atoms with van der Waals surface area (Å²) in [4.78, 5) is 0. The van der Waals surface area contributed by atoms with Crippen LogP contribution in [-0.2, 0) is 5.41 Å². The molecular formula is C14H21Br. The molecule has 1 aromatic carbocycles. The van der Waals surface area contributed by atoms with E-state index in [1.54, 1.807) is 0 Å². The largest absolute Gasteiger partial charge is 0.0654 e. The van der Waals surface area contributed by atoms with E-state index >= 15 is 0 Å². The number of halogens is 1. The SMILES string of the molecule is CCCCCC(C)(C)c1ccc(Br)cc1. The molecule has 0 aliphatic rings. The van der Waals surface area contributed by atoms with Gasteiger partial charge in [0.15, 0.2) is 0 Å². The van der Waals surface area contributed by atoms with Gasteiger partial charge in [-0.05, 0) is 29.5 Å². The minimum Gasteiger partial charge on any atom is -0.0654 e. The Hall–Kier alpha value is -0.300. The Morgan fingerprint density at radius 2 is 1.67 bits per heavy atom. The van der Waals surface area contributed by atoms with Gasteiger partial charge in [-0.1, -0.05) is 68.1 Å². The maximum atomic E-state index is 3.48. The van der Waals surface area contributed by atoms with E-state index < -0.39 is 0 Å². The average molecular weight is 269 g/mol. The summed E-state index contributed by atoms with van der Waals surface area (Å²) in [5.74, 6) is 0. The second kappa shape index (κ2) is 5.69. The van der Waals surface area contributed by atoms with Crippen LogP contribution in [0, 0.1) is 0 Å². The summed E-state index contributed by atoms with van der Waals surface area (Å²) < 4.78 is 1.16. The molecule has 0 amide bonds. The van der Waals surface area contributed by atoms with Crippen molar-refractivity contribution in [2.45, 2.75) is 51.9 Å². The molecule has 1 heteroatoms. The van der Waals surface area contributed by atoms with Gasteiger partial charge in [0.25, 0.3) is 0 Å². The Morgan fingerprint density at radius 3 is 2.20 bits per heavy atom. The molecule has 0 unspecified atom stereocenters. The highest BCUT2D eigenvalue weighted by Gasteiger charge is 2.19. The van der Waals surface area contributed by atoms with E-state index in [9.17, 15) is 0 Å².